The minimum absolute atomic E-state index is 0.212. The van der Waals surface area contributed by atoms with Crippen LogP contribution >= 0.6 is 0 Å². The molecule has 0 aliphatic carbocycles. The molecule has 0 atom stereocenters. The highest BCUT2D eigenvalue weighted by Crippen LogP contribution is 2.23. The van der Waals surface area contributed by atoms with E-state index in [1.807, 2.05) is 31.2 Å². The van der Waals surface area contributed by atoms with Gasteiger partial charge in [-0.25, -0.2) is 9.31 Å². The predicted octanol–water partition coefficient (Wildman–Crippen LogP) is 3.08. The van der Waals surface area contributed by atoms with Crippen LogP contribution < -0.4 is 10.6 Å². The first-order chi connectivity index (χ1) is 13.7. The van der Waals surface area contributed by atoms with Crippen LogP contribution in [0.5, 0.6) is 0 Å². The lowest BCUT2D eigenvalue weighted by Gasteiger charge is -2.09. The Morgan fingerprint density at radius 2 is 2.14 bits per heavy atom. The van der Waals surface area contributed by atoms with Gasteiger partial charge in [0.2, 0.25) is 0 Å². The molecule has 146 valence electrons. The second kappa shape index (κ2) is 8.94. The standard InChI is InChI=1S/C19H23N7O2/c1-4-7-15(25-28-3)16-10-14(13-8-6-9-20-12-13)11-17-22-18(24-26(16)17)23-19(27)21-5-2/h6,8-12H,4-5,7H2,1-3H3,(H2,21,23,24,27)/b25-15-. The van der Waals surface area contributed by atoms with Gasteiger partial charge < -0.3 is 10.2 Å². The van der Waals surface area contributed by atoms with Gasteiger partial charge in [-0.05, 0) is 37.1 Å². The van der Waals surface area contributed by atoms with E-state index in [9.17, 15) is 4.79 Å². The molecule has 0 radical (unpaired) electrons. The zero-order valence-electron chi connectivity index (χ0n) is 16.1. The van der Waals surface area contributed by atoms with Crippen LogP contribution in [0.2, 0.25) is 0 Å². The molecule has 3 rings (SSSR count). The summed E-state index contributed by atoms with van der Waals surface area (Å²) in [6.45, 7) is 4.42. The number of hydrogen-bond acceptors (Lipinski definition) is 6. The van der Waals surface area contributed by atoms with Crippen molar-refractivity contribution in [1.29, 1.82) is 0 Å². The number of carbonyl (C=O) groups excluding carboxylic acids is 1. The molecule has 9 nitrogen and oxygen atoms in total. The molecule has 2 amide bonds. The van der Waals surface area contributed by atoms with E-state index < -0.39 is 0 Å². The van der Waals surface area contributed by atoms with Crippen molar-refractivity contribution in [1.82, 2.24) is 24.9 Å². The summed E-state index contributed by atoms with van der Waals surface area (Å²) in [5.41, 5.74) is 3.95. The van der Waals surface area contributed by atoms with E-state index in [4.69, 9.17) is 4.84 Å². The van der Waals surface area contributed by atoms with Crippen molar-refractivity contribution in [2.75, 3.05) is 19.0 Å². The lowest BCUT2D eigenvalue weighted by molar-refractivity contribution is 0.212. The fraction of sp³-hybridized carbons (Fsp3) is 0.316. The van der Waals surface area contributed by atoms with Gasteiger partial charge in [-0.3, -0.25) is 10.3 Å². The fourth-order valence-corrected chi connectivity index (χ4v) is 2.82. The normalized spacial score (nSPS) is 11.5. The lowest BCUT2D eigenvalue weighted by atomic mass is 10.0. The first kappa shape index (κ1) is 19.3. The van der Waals surface area contributed by atoms with Gasteiger partial charge in [0.1, 0.15) is 12.8 Å². The molecule has 3 heterocycles. The summed E-state index contributed by atoms with van der Waals surface area (Å²) in [5.74, 6) is 0.212. The number of anilines is 1. The maximum Gasteiger partial charge on any atom is 0.321 e. The van der Waals surface area contributed by atoms with Crippen LogP contribution in [0.25, 0.3) is 16.8 Å². The van der Waals surface area contributed by atoms with E-state index in [2.05, 4.69) is 37.8 Å². The number of pyridine rings is 2. The van der Waals surface area contributed by atoms with E-state index in [-0.39, 0.29) is 12.0 Å². The third-order valence-electron chi connectivity index (χ3n) is 3.98. The van der Waals surface area contributed by atoms with E-state index >= 15 is 0 Å². The number of oxime groups is 1. The smallest absolute Gasteiger partial charge is 0.321 e. The number of aromatic nitrogens is 4. The summed E-state index contributed by atoms with van der Waals surface area (Å²) in [4.78, 5) is 25.5. The van der Waals surface area contributed by atoms with Crippen molar-refractivity contribution >= 4 is 23.3 Å². The van der Waals surface area contributed by atoms with Crippen molar-refractivity contribution in [2.45, 2.75) is 26.7 Å². The molecular formula is C19H23N7O2. The molecule has 0 aromatic carbocycles. The van der Waals surface area contributed by atoms with E-state index in [1.54, 1.807) is 16.9 Å². The summed E-state index contributed by atoms with van der Waals surface area (Å²) >= 11 is 0. The van der Waals surface area contributed by atoms with Gasteiger partial charge in [-0.15, -0.1) is 5.10 Å². The molecule has 2 N–H and O–H groups in total. The Kier molecular flexibility index (Phi) is 6.15. The van der Waals surface area contributed by atoms with Crippen molar-refractivity contribution in [3.63, 3.8) is 0 Å². The van der Waals surface area contributed by atoms with Gasteiger partial charge in [0, 0.05) is 24.5 Å². The average Bonchev–Trinajstić information content (AvgIpc) is 3.10. The van der Waals surface area contributed by atoms with Gasteiger partial charge >= 0.3 is 6.03 Å². The molecular weight excluding hydrogens is 358 g/mol. The van der Waals surface area contributed by atoms with Crippen LogP contribution in [0.4, 0.5) is 10.7 Å². The first-order valence-corrected chi connectivity index (χ1v) is 9.12. The monoisotopic (exact) mass is 381 g/mol. The molecule has 28 heavy (non-hydrogen) atoms. The fourth-order valence-electron chi connectivity index (χ4n) is 2.82. The minimum Gasteiger partial charge on any atom is -0.399 e. The first-order valence-electron chi connectivity index (χ1n) is 9.12. The molecule has 0 spiro atoms. The Morgan fingerprint density at radius 1 is 1.29 bits per heavy atom. The van der Waals surface area contributed by atoms with Gasteiger partial charge in [0.25, 0.3) is 5.95 Å². The number of amides is 2. The van der Waals surface area contributed by atoms with Crippen molar-refractivity contribution in [2.24, 2.45) is 5.16 Å². The molecule has 9 heteroatoms. The summed E-state index contributed by atoms with van der Waals surface area (Å²) in [6.07, 6.45) is 5.11. The Bertz CT molecular complexity index is 983. The minimum atomic E-state index is -0.355. The molecule has 3 aromatic heterocycles. The molecule has 0 aliphatic heterocycles. The van der Waals surface area contributed by atoms with Crippen LogP contribution in [0, 0.1) is 0 Å². The van der Waals surface area contributed by atoms with Crippen LogP contribution in [0.3, 0.4) is 0 Å². The zero-order chi connectivity index (χ0) is 19.9. The van der Waals surface area contributed by atoms with Gasteiger partial charge in [0.15, 0.2) is 5.65 Å². The lowest BCUT2D eigenvalue weighted by Crippen LogP contribution is -2.28. The number of hydrogen-bond donors (Lipinski definition) is 2. The molecule has 0 bridgehead atoms. The Morgan fingerprint density at radius 3 is 2.82 bits per heavy atom. The Labute approximate surface area is 162 Å². The topological polar surface area (TPSA) is 106 Å². The number of fused-ring (bicyclic) bond motifs is 1. The molecule has 0 fully saturated rings. The second-order valence-corrected chi connectivity index (χ2v) is 6.03. The Balaban J connectivity index is 2.14. The molecule has 0 saturated heterocycles. The molecule has 0 unspecified atom stereocenters. The number of nitrogens with zero attached hydrogens (tertiary/aromatic N) is 5. The van der Waals surface area contributed by atoms with Gasteiger partial charge in [-0.2, -0.15) is 4.98 Å². The number of carbonyl (C=O) groups is 1. The quantitative estimate of drug-likeness (QED) is 0.483. The summed E-state index contributed by atoms with van der Waals surface area (Å²) in [6, 6.07) is 7.36. The van der Waals surface area contributed by atoms with Gasteiger partial charge in [-0.1, -0.05) is 24.6 Å². The van der Waals surface area contributed by atoms with Crippen LogP contribution in [-0.4, -0.2) is 45.0 Å². The van der Waals surface area contributed by atoms with Crippen LogP contribution in [-0.2, 0) is 4.84 Å². The largest absolute Gasteiger partial charge is 0.399 e. The zero-order valence-corrected chi connectivity index (χ0v) is 16.1. The van der Waals surface area contributed by atoms with Crippen molar-refractivity contribution in [3.05, 3.63) is 42.4 Å². The average molecular weight is 381 g/mol. The molecule has 0 saturated carbocycles. The SMILES string of the molecule is CCC/C(=N/OC)c1cc(-c2cccnc2)cc2nc(NC(=O)NCC)nn12. The Hall–Kier alpha value is -3.49. The summed E-state index contributed by atoms with van der Waals surface area (Å²) < 4.78 is 1.66. The highest BCUT2D eigenvalue weighted by atomic mass is 16.6. The molecule has 0 aliphatic rings. The van der Waals surface area contributed by atoms with Crippen molar-refractivity contribution in [3.8, 4) is 11.1 Å². The van der Waals surface area contributed by atoms with Crippen LogP contribution in [0.1, 0.15) is 32.4 Å². The maximum absolute atomic E-state index is 11.8. The highest BCUT2D eigenvalue weighted by molar-refractivity contribution is 6.00. The highest BCUT2D eigenvalue weighted by Gasteiger charge is 2.16. The van der Waals surface area contributed by atoms with E-state index in [0.717, 1.165) is 29.0 Å². The second-order valence-electron chi connectivity index (χ2n) is 6.03. The predicted molar refractivity (Wildman–Crippen MR) is 107 cm³/mol. The number of rotatable bonds is 7. The third-order valence-corrected chi connectivity index (χ3v) is 3.98. The summed E-state index contributed by atoms with van der Waals surface area (Å²) in [5, 5.41) is 13.9. The van der Waals surface area contributed by atoms with Crippen molar-refractivity contribution < 1.29 is 9.63 Å². The van der Waals surface area contributed by atoms with E-state index in [0.29, 0.717) is 18.6 Å². The number of urea groups is 1. The summed E-state index contributed by atoms with van der Waals surface area (Å²) in [7, 11) is 1.52. The van der Waals surface area contributed by atoms with Crippen LogP contribution in [0.15, 0.2) is 41.8 Å². The van der Waals surface area contributed by atoms with Gasteiger partial charge in [0.05, 0.1) is 5.69 Å². The molecule has 3 aromatic rings. The third kappa shape index (κ3) is 4.25. The van der Waals surface area contributed by atoms with E-state index in [1.165, 1.54) is 7.11 Å². The number of nitrogens with one attached hydrogen (secondary N) is 2. The maximum atomic E-state index is 11.8.